The molecule has 5 rings (SSSR count). The van der Waals surface area contributed by atoms with Crippen molar-refractivity contribution < 1.29 is 9.53 Å². The van der Waals surface area contributed by atoms with Crippen LogP contribution >= 0.6 is 11.6 Å². The van der Waals surface area contributed by atoms with Crippen LogP contribution in [0, 0.1) is 6.92 Å². The number of aromatic amines is 1. The summed E-state index contributed by atoms with van der Waals surface area (Å²) in [5.74, 6) is -0.512. The monoisotopic (exact) mass is 421 g/mol. The number of carbonyl (C=O) groups excluding carboxylic acids is 1. The van der Waals surface area contributed by atoms with Crippen LogP contribution in [0.25, 0.3) is 33.2 Å². The first-order chi connectivity index (χ1) is 14.5. The van der Waals surface area contributed by atoms with E-state index in [0.717, 1.165) is 54.0 Å². The molecule has 1 amide bonds. The third-order valence-corrected chi connectivity index (χ3v) is 5.88. The summed E-state index contributed by atoms with van der Waals surface area (Å²) < 4.78 is 5.45. The molecule has 8 heteroatoms. The summed E-state index contributed by atoms with van der Waals surface area (Å²) in [5.41, 5.74) is 11.7. The summed E-state index contributed by atoms with van der Waals surface area (Å²) in [7, 11) is 0. The number of carbonyl (C=O) groups is 1. The van der Waals surface area contributed by atoms with Crippen LogP contribution in [0.4, 0.5) is 5.69 Å². The van der Waals surface area contributed by atoms with E-state index in [9.17, 15) is 4.79 Å². The Balaban J connectivity index is 1.70. The van der Waals surface area contributed by atoms with E-state index in [1.165, 1.54) is 0 Å². The summed E-state index contributed by atoms with van der Waals surface area (Å²) >= 11 is 6.06. The van der Waals surface area contributed by atoms with Crippen molar-refractivity contribution in [1.82, 2.24) is 15.0 Å². The Kier molecular flexibility index (Phi) is 4.56. The largest absolute Gasteiger partial charge is 0.378 e. The lowest BCUT2D eigenvalue weighted by molar-refractivity contribution is 0.100. The highest BCUT2D eigenvalue weighted by molar-refractivity contribution is 6.30. The van der Waals surface area contributed by atoms with Gasteiger partial charge in [0.1, 0.15) is 5.15 Å². The second-order valence-corrected chi connectivity index (χ2v) is 7.79. The van der Waals surface area contributed by atoms with Crippen molar-refractivity contribution in [2.24, 2.45) is 5.73 Å². The standard InChI is InChI=1S/C22H20ClN5O2/c1-12-8-13(11-25-21(12)23)17-10-16(22(24)29)20-19(26-17)15-3-2-14(9-18(15)27-20)28-4-6-30-7-5-28/h2-3,8-11,27H,4-7H2,1H3,(H2,24,29). The summed E-state index contributed by atoms with van der Waals surface area (Å²) in [6.45, 7) is 5.02. The van der Waals surface area contributed by atoms with Gasteiger partial charge in [0.05, 0.1) is 41.0 Å². The Morgan fingerprint density at radius 1 is 1.23 bits per heavy atom. The first kappa shape index (κ1) is 18.8. The first-order valence-electron chi connectivity index (χ1n) is 9.73. The number of pyridine rings is 2. The van der Waals surface area contributed by atoms with Crippen LogP contribution in [0.1, 0.15) is 15.9 Å². The molecule has 7 nitrogen and oxygen atoms in total. The minimum atomic E-state index is -0.512. The number of aromatic nitrogens is 3. The number of H-pyrrole nitrogens is 1. The molecule has 1 aliphatic heterocycles. The van der Waals surface area contributed by atoms with Crippen LogP contribution in [0.15, 0.2) is 36.5 Å². The number of fused-ring (bicyclic) bond motifs is 3. The van der Waals surface area contributed by atoms with E-state index >= 15 is 0 Å². The fourth-order valence-corrected chi connectivity index (χ4v) is 4.01. The van der Waals surface area contributed by atoms with Gasteiger partial charge in [0.15, 0.2) is 0 Å². The van der Waals surface area contributed by atoms with Crippen LogP contribution in [-0.2, 0) is 4.74 Å². The van der Waals surface area contributed by atoms with Gasteiger partial charge in [-0.3, -0.25) is 4.79 Å². The molecule has 1 saturated heterocycles. The van der Waals surface area contributed by atoms with Crippen LogP contribution in [0.3, 0.4) is 0 Å². The third-order valence-electron chi connectivity index (χ3n) is 5.49. The summed E-state index contributed by atoms with van der Waals surface area (Å²) in [6, 6.07) is 9.80. The molecule has 3 aromatic heterocycles. The average molecular weight is 422 g/mol. The van der Waals surface area contributed by atoms with Crippen molar-refractivity contribution in [3.05, 3.63) is 52.8 Å². The zero-order valence-electron chi connectivity index (χ0n) is 16.4. The second kappa shape index (κ2) is 7.27. The highest BCUT2D eigenvalue weighted by Gasteiger charge is 2.18. The molecule has 30 heavy (non-hydrogen) atoms. The fourth-order valence-electron chi connectivity index (χ4n) is 3.90. The van der Waals surface area contributed by atoms with Gasteiger partial charge in [0.25, 0.3) is 5.91 Å². The van der Waals surface area contributed by atoms with Crippen molar-refractivity contribution >= 4 is 45.1 Å². The average Bonchev–Trinajstić information content (AvgIpc) is 3.13. The van der Waals surface area contributed by atoms with Gasteiger partial charge in [-0.15, -0.1) is 0 Å². The fraction of sp³-hybridized carbons (Fsp3) is 0.227. The molecular weight excluding hydrogens is 402 g/mol. The number of nitrogens with two attached hydrogens (primary N) is 1. The van der Waals surface area contributed by atoms with Gasteiger partial charge in [0.2, 0.25) is 0 Å². The molecule has 4 aromatic rings. The molecular formula is C22H20ClN5O2. The predicted octanol–water partition coefficient (Wildman–Crippen LogP) is 3.68. The molecule has 1 fully saturated rings. The number of nitrogens with one attached hydrogen (secondary N) is 1. The molecule has 152 valence electrons. The maximum Gasteiger partial charge on any atom is 0.250 e. The third kappa shape index (κ3) is 3.16. The number of rotatable bonds is 3. The van der Waals surface area contributed by atoms with Gasteiger partial charge in [-0.1, -0.05) is 11.6 Å². The highest BCUT2D eigenvalue weighted by Crippen LogP contribution is 2.32. The Morgan fingerprint density at radius 2 is 2.03 bits per heavy atom. The number of hydrogen-bond acceptors (Lipinski definition) is 5. The van der Waals surface area contributed by atoms with E-state index < -0.39 is 5.91 Å². The van der Waals surface area contributed by atoms with E-state index in [0.29, 0.717) is 27.4 Å². The van der Waals surface area contributed by atoms with E-state index in [-0.39, 0.29) is 0 Å². The number of anilines is 1. The molecule has 1 aliphatic rings. The number of aryl methyl sites for hydroxylation is 1. The molecule has 0 bridgehead atoms. The second-order valence-electron chi connectivity index (χ2n) is 7.43. The number of ether oxygens (including phenoxy) is 1. The van der Waals surface area contributed by atoms with Crippen molar-refractivity contribution in [2.75, 3.05) is 31.2 Å². The zero-order valence-corrected chi connectivity index (χ0v) is 17.2. The van der Waals surface area contributed by atoms with Gasteiger partial charge in [0, 0.05) is 35.9 Å². The molecule has 0 radical (unpaired) electrons. The Bertz CT molecular complexity index is 1290. The van der Waals surface area contributed by atoms with Gasteiger partial charge < -0.3 is 20.4 Å². The number of amides is 1. The molecule has 0 saturated carbocycles. The summed E-state index contributed by atoms with van der Waals surface area (Å²) in [4.78, 5) is 26.9. The lowest BCUT2D eigenvalue weighted by atomic mass is 10.1. The molecule has 0 aliphatic carbocycles. The quantitative estimate of drug-likeness (QED) is 0.492. The maximum atomic E-state index is 12.2. The van der Waals surface area contributed by atoms with E-state index in [2.05, 4.69) is 27.0 Å². The number of nitrogens with zero attached hydrogens (tertiary/aromatic N) is 3. The van der Waals surface area contributed by atoms with Crippen molar-refractivity contribution in [2.45, 2.75) is 6.92 Å². The number of morpholine rings is 1. The lowest BCUT2D eigenvalue weighted by Crippen LogP contribution is -2.36. The van der Waals surface area contributed by atoms with Crippen LogP contribution in [0.2, 0.25) is 5.15 Å². The van der Waals surface area contributed by atoms with Crippen molar-refractivity contribution in [1.29, 1.82) is 0 Å². The Morgan fingerprint density at radius 3 is 2.77 bits per heavy atom. The number of hydrogen-bond donors (Lipinski definition) is 2. The van der Waals surface area contributed by atoms with Crippen LogP contribution < -0.4 is 10.6 Å². The van der Waals surface area contributed by atoms with Crippen molar-refractivity contribution in [3.63, 3.8) is 0 Å². The van der Waals surface area contributed by atoms with E-state index in [4.69, 9.17) is 27.1 Å². The van der Waals surface area contributed by atoms with Gasteiger partial charge in [-0.2, -0.15) is 0 Å². The smallest absolute Gasteiger partial charge is 0.250 e. The summed E-state index contributed by atoms with van der Waals surface area (Å²) in [5, 5.41) is 1.38. The number of benzene rings is 1. The molecule has 3 N–H and O–H groups in total. The van der Waals surface area contributed by atoms with Gasteiger partial charge in [-0.25, -0.2) is 9.97 Å². The SMILES string of the molecule is Cc1cc(-c2cc(C(N)=O)c3[nH]c4cc(N5CCOCC5)ccc4c3n2)cnc1Cl. The molecule has 1 aromatic carbocycles. The lowest BCUT2D eigenvalue weighted by Gasteiger charge is -2.28. The number of primary amides is 1. The minimum absolute atomic E-state index is 0.395. The normalized spacial score (nSPS) is 14.5. The first-order valence-corrected chi connectivity index (χ1v) is 10.1. The minimum Gasteiger partial charge on any atom is -0.378 e. The topological polar surface area (TPSA) is 97.1 Å². The molecule has 4 heterocycles. The summed E-state index contributed by atoms with van der Waals surface area (Å²) in [6.07, 6.45) is 1.65. The molecule has 0 unspecified atom stereocenters. The maximum absolute atomic E-state index is 12.2. The van der Waals surface area contributed by atoms with E-state index in [1.807, 2.05) is 19.1 Å². The zero-order chi connectivity index (χ0) is 20.8. The highest BCUT2D eigenvalue weighted by atomic mass is 35.5. The van der Waals surface area contributed by atoms with E-state index in [1.54, 1.807) is 12.3 Å². The molecule has 0 atom stereocenters. The Labute approximate surface area is 177 Å². The van der Waals surface area contributed by atoms with Crippen LogP contribution in [-0.4, -0.2) is 47.2 Å². The Hall–Kier alpha value is -3.16. The predicted molar refractivity (Wildman–Crippen MR) is 118 cm³/mol. The van der Waals surface area contributed by atoms with Crippen molar-refractivity contribution in [3.8, 4) is 11.3 Å². The van der Waals surface area contributed by atoms with Gasteiger partial charge in [-0.05, 0) is 42.8 Å². The number of halogens is 1. The van der Waals surface area contributed by atoms with Crippen LogP contribution in [0.5, 0.6) is 0 Å². The molecule has 0 spiro atoms. The van der Waals surface area contributed by atoms with Gasteiger partial charge >= 0.3 is 0 Å².